The summed E-state index contributed by atoms with van der Waals surface area (Å²) in [6, 6.07) is 6.98. The Morgan fingerprint density at radius 2 is 2.14 bits per heavy atom. The Morgan fingerprint density at radius 1 is 1.38 bits per heavy atom. The van der Waals surface area contributed by atoms with Gasteiger partial charge in [-0.05, 0) is 19.1 Å². The maximum Gasteiger partial charge on any atom is 0.261 e. The minimum Gasteiger partial charge on any atom is -0.493 e. The van der Waals surface area contributed by atoms with Gasteiger partial charge >= 0.3 is 0 Å². The van der Waals surface area contributed by atoms with Crippen LogP contribution in [0.2, 0.25) is 0 Å². The molecule has 0 saturated heterocycles. The number of aromatic nitrogens is 1. The summed E-state index contributed by atoms with van der Waals surface area (Å²) in [7, 11) is 0. The fourth-order valence-electron chi connectivity index (χ4n) is 1.72. The van der Waals surface area contributed by atoms with E-state index in [0.29, 0.717) is 28.7 Å². The zero-order chi connectivity index (χ0) is 15.2. The molecule has 0 aliphatic carbocycles. The van der Waals surface area contributed by atoms with Gasteiger partial charge in [0.2, 0.25) is 5.91 Å². The van der Waals surface area contributed by atoms with E-state index in [0.717, 1.165) is 0 Å². The Kier molecular flexibility index (Phi) is 4.89. The SMILES string of the molecule is CCOc1ccccc1C(=O)Nc1nc(CC(N)=O)cs1. The summed E-state index contributed by atoms with van der Waals surface area (Å²) >= 11 is 1.24. The highest BCUT2D eigenvalue weighted by Gasteiger charge is 2.14. The number of hydrogen-bond acceptors (Lipinski definition) is 5. The standard InChI is InChI=1S/C14H15N3O3S/c1-2-20-11-6-4-3-5-10(11)13(19)17-14-16-9(8-21-14)7-12(15)18/h3-6,8H,2,7H2,1H3,(H2,15,18)(H,16,17,19). The van der Waals surface area contributed by atoms with Crippen LogP contribution in [-0.4, -0.2) is 23.4 Å². The molecule has 0 radical (unpaired) electrons. The monoisotopic (exact) mass is 305 g/mol. The Labute approximate surface area is 125 Å². The summed E-state index contributed by atoms with van der Waals surface area (Å²) in [6.07, 6.45) is 0.0574. The molecule has 1 aromatic heterocycles. The maximum absolute atomic E-state index is 12.2. The smallest absolute Gasteiger partial charge is 0.261 e. The fraction of sp³-hybridized carbons (Fsp3) is 0.214. The summed E-state index contributed by atoms with van der Waals surface area (Å²) in [5, 5.41) is 4.80. The van der Waals surface area contributed by atoms with Gasteiger partial charge in [-0.15, -0.1) is 11.3 Å². The Balaban J connectivity index is 2.11. The number of rotatable bonds is 6. The molecule has 0 atom stereocenters. The average Bonchev–Trinajstić information content (AvgIpc) is 2.86. The van der Waals surface area contributed by atoms with E-state index in [2.05, 4.69) is 10.3 Å². The molecule has 6 nitrogen and oxygen atoms in total. The third-order valence-corrected chi connectivity index (χ3v) is 3.37. The second-order valence-corrected chi connectivity index (χ2v) is 5.03. The zero-order valence-electron chi connectivity index (χ0n) is 11.5. The van der Waals surface area contributed by atoms with Gasteiger partial charge in [0.05, 0.1) is 24.3 Å². The van der Waals surface area contributed by atoms with Crippen LogP contribution in [0.1, 0.15) is 23.0 Å². The van der Waals surface area contributed by atoms with Crippen molar-refractivity contribution in [3.05, 3.63) is 40.9 Å². The number of nitrogens with two attached hydrogens (primary N) is 1. The number of carbonyl (C=O) groups excluding carboxylic acids is 2. The average molecular weight is 305 g/mol. The highest BCUT2D eigenvalue weighted by atomic mass is 32.1. The van der Waals surface area contributed by atoms with E-state index in [1.807, 2.05) is 6.92 Å². The number of carbonyl (C=O) groups is 2. The van der Waals surface area contributed by atoms with E-state index in [4.69, 9.17) is 10.5 Å². The zero-order valence-corrected chi connectivity index (χ0v) is 12.3. The van der Waals surface area contributed by atoms with Gasteiger partial charge in [0, 0.05) is 5.38 Å². The van der Waals surface area contributed by atoms with E-state index in [9.17, 15) is 9.59 Å². The fourth-order valence-corrected chi connectivity index (χ4v) is 2.43. The number of benzene rings is 1. The summed E-state index contributed by atoms with van der Waals surface area (Å²) in [4.78, 5) is 27.2. The van der Waals surface area contributed by atoms with Crippen molar-refractivity contribution in [1.29, 1.82) is 0 Å². The first-order valence-corrected chi connectivity index (χ1v) is 7.24. The minimum absolute atomic E-state index is 0.0574. The van der Waals surface area contributed by atoms with Crippen LogP contribution in [0.3, 0.4) is 0 Å². The lowest BCUT2D eigenvalue weighted by atomic mass is 10.2. The number of nitrogens with zero attached hydrogens (tertiary/aromatic N) is 1. The molecular weight excluding hydrogens is 290 g/mol. The predicted molar refractivity (Wildman–Crippen MR) is 80.6 cm³/mol. The normalized spacial score (nSPS) is 10.1. The first-order chi connectivity index (χ1) is 10.1. The molecule has 0 aliphatic rings. The van der Waals surface area contributed by atoms with Gasteiger partial charge in [0.1, 0.15) is 5.75 Å². The second kappa shape index (κ2) is 6.85. The van der Waals surface area contributed by atoms with Gasteiger partial charge in [-0.3, -0.25) is 14.9 Å². The number of primary amides is 1. The molecule has 0 fully saturated rings. The van der Waals surface area contributed by atoms with Gasteiger partial charge in [-0.1, -0.05) is 12.1 Å². The number of hydrogen-bond donors (Lipinski definition) is 2. The van der Waals surface area contributed by atoms with Crippen LogP contribution in [0.4, 0.5) is 5.13 Å². The van der Waals surface area contributed by atoms with Gasteiger partial charge in [-0.25, -0.2) is 4.98 Å². The second-order valence-electron chi connectivity index (χ2n) is 4.17. The molecular formula is C14H15N3O3S. The number of amides is 2. The van der Waals surface area contributed by atoms with Gasteiger partial charge < -0.3 is 10.5 Å². The lowest BCUT2D eigenvalue weighted by Gasteiger charge is -2.08. The van der Waals surface area contributed by atoms with Crippen LogP contribution >= 0.6 is 11.3 Å². The van der Waals surface area contributed by atoms with Crippen molar-refractivity contribution in [3.8, 4) is 5.75 Å². The number of nitrogens with one attached hydrogen (secondary N) is 1. The minimum atomic E-state index is -0.458. The van der Waals surface area contributed by atoms with E-state index in [1.54, 1.807) is 29.6 Å². The van der Waals surface area contributed by atoms with Crippen LogP contribution in [0.5, 0.6) is 5.75 Å². The molecule has 0 bridgehead atoms. The lowest BCUT2D eigenvalue weighted by molar-refractivity contribution is -0.117. The molecule has 2 amide bonds. The van der Waals surface area contributed by atoms with Crippen LogP contribution in [0, 0.1) is 0 Å². The van der Waals surface area contributed by atoms with Crippen molar-refractivity contribution in [2.24, 2.45) is 5.73 Å². The lowest BCUT2D eigenvalue weighted by Crippen LogP contribution is -2.15. The Bertz CT molecular complexity index is 654. The van der Waals surface area contributed by atoms with Crippen molar-refractivity contribution in [1.82, 2.24) is 4.98 Å². The highest BCUT2D eigenvalue weighted by Crippen LogP contribution is 2.21. The van der Waals surface area contributed by atoms with Crippen LogP contribution in [0.15, 0.2) is 29.6 Å². The summed E-state index contributed by atoms with van der Waals surface area (Å²) < 4.78 is 5.41. The molecule has 1 aromatic carbocycles. The number of thiazole rings is 1. The van der Waals surface area contributed by atoms with Crippen molar-refractivity contribution in [2.75, 3.05) is 11.9 Å². The molecule has 1 heterocycles. The van der Waals surface area contributed by atoms with E-state index in [1.165, 1.54) is 11.3 Å². The molecule has 2 rings (SSSR count). The molecule has 3 N–H and O–H groups in total. The third kappa shape index (κ3) is 4.03. The van der Waals surface area contributed by atoms with Crippen LogP contribution in [-0.2, 0) is 11.2 Å². The quantitative estimate of drug-likeness (QED) is 0.851. The number of ether oxygens (including phenoxy) is 1. The Hall–Kier alpha value is -2.41. The molecule has 0 saturated carbocycles. The van der Waals surface area contributed by atoms with Gasteiger partial charge in [-0.2, -0.15) is 0 Å². The van der Waals surface area contributed by atoms with E-state index >= 15 is 0 Å². The predicted octanol–water partition coefficient (Wildman–Crippen LogP) is 1.82. The topological polar surface area (TPSA) is 94.3 Å². The summed E-state index contributed by atoms with van der Waals surface area (Å²) in [6.45, 7) is 2.33. The largest absolute Gasteiger partial charge is 0.493 e. The van der Waals surface area contributed by atoms with Gasteiger partial charge in [0.25, 0.3) is 5.91 Å². The van der Waals surface area contributed by atoms with Gasteiger partial charge in [0.15, 0.2) is 5.13 Å². The summed E-state index contributed by atoms with van der Waals surface area (Å²) in [5.74, 6) is -0.245. The van der Waals surface area contributed by atoms with E-state index in [-0.39, 0.29) is 12.3 Å². The molecule has 2 aromatic rings. The van der Waals surface area contributed by atoms with Crippen molar-refractivity contribution < 1.29 is 14.3 Å². The van der Waals surface area contributed by atoms with Crippen molar-refractivity contribution >= 4 is 28.3 Å². The van der Waals surface area contributed by atoms with Crippen molar-refractivity contribution in [2.45, 2.75) is 13.3 Å². The van der Waals surface area contributed by atoms with Crippen molar-refractivity contribution in [3.63, 3.8) is 0 Å². The van der Waals surface area contributed by atoms with Crippen LogP contribution in [0.25, 0.3) is 0 Å². The van der Waals surface area contributed by atoms with E-state index < -0.39 is 5.91 Å². The molecule has 21 heavy (non-hydrogen) atoms. The summed E-state index contributed by atoms with van der Waals surface area (Å²) in [5.41, 5.74) is 6.08. The number of anilines is 1. The Morgan fingerprint density at radius 3 is 2.86 bits per heavy atom. The molecule has 0 spiro atoms. The van der Waals surface area contributed by atoms with Crippen LogP contribution < -0.4 is 15.8 Å². The first kappa shape index (κ1) is 15.0. The molecule has 7 heteroatoms. The maximum atomic E-state index is 12.2. The molecule has 0 aliphatic heterocycles. The molecule has 110 valence electrons. The first-order valence-electron chi connectivity index (χ1n) is 6.36. The third-order valence-electron chi connectivity index (χ3n) is 2.56. The highest BCUT2D eigenvalue weighted by molar-refractivity contribution is 7.14. The molecule has 0 unspecified atom stereocenters. The number of para-hydroxylation sites is 1.